The smallest absolute Gasteiger partial charge is 0.315 e. The summed E-state index contributed by atoms with van der Waals surface area (Å²) in [6, 6.07) is 8.33. The van der Waals surface area contributed by atoms with Crippen molar-refractivity contribution in [2.75, 3.05) is 11.9 Å². The van der Waals surface area contributed by atoms with Gasteiger partial charge in [-0.25, -0.2) is 0 Å². The molecule has 0 atom stereocenters. The largest absolute Gasteiger partial charge is 0.397 e. The Bertz CT molecular complexity index is 486. The number of carbonyl (C=O) groups is 1. The van der Waals surface area contributed by atoms with Crippen LogP contribution in [0.2, 0.25) is 19.1 Å². The zero-order valence-electron chi connectivity index (χ0n) is 12.2. The fraction of sp³-hybridized carbons (Fsp3) is 0.500. The van der Waals surface area contributed by atoms with Gasteiger partial charge in [0.15, 0.2) is 0 Å². The van der Waals surface area contributed by atoms with Gasteiger partial charge in [-0.05, 0) is 12.1 Å². The normalized spacial score (nSPS) is 12.3. The Morgan fingerprint density at radius 2 is 1.90 bits per heavy atom. The maximum atomic E-state index is 12.3. The van der Waals surface area contributed by atoms with Gasteiger partial charge in [0.25, 0.3) is 0 Å². The maximum Gasteiger partial charge on any atom is 0.397 e. The molecule has 2 nitrogen and oxygen atoms in total. The van der Waals surface area contributed by atoms with Crippen LogP contribution in [-0.4, -0.2) is 27.2 Å². The van der Waals surface area contributed by atoms with Gasteiger partial charge in [-0.15, -0.1) is 0 Å². The summed E-state index contributed by atoms with van der Waals surface area (Å²) >= 11 is 0. The van der Waals surface area contributed by atoms with Crippen molar-refractivity contribution in [2.45, 2.75) is 38.7 Å². The molecule has 0 saturated carbocycles. The van der Waals surface area contributed by atoms with Gasteiger partial charge in [-0.1, -0.05) is 43.4 Å². The second-order valence-electron chi connectivity index (χ2n) is 5.53. The molecule has 0 aromatic heterocycles. The summed E-state index contributed by atoms with van der Waals surface area (Å²) in [6.45, 7) is 6.50. The van der Waals surface area contributed by atoms with Crippen LogP contribution in [0.5, 0.6) is 0 Å². The Kier molecular flexibility index (Phi) is 5.02. The van der Waals surface area contributed by atoms with E-state index >= 15 is 0 Å². The number of halogens is 3. The highest BCUT2D eigenvalue weighted by molar-refractivity contribution is 6.89. The van der Waals surface area contributed by atoms with Gasteiger partial charge in [0, 0.05) is 12.7 Å². The zero-order valence-corrected chi connectivity index (χ0v) is 13.2. The van der Waals surface area contributed by atoms with Crippen molar-refractivity contribution in [2.24, 2.45) is 0 Å². The van der Waals surface area contributed by atoms with E-state index in [1.165, 1.54) is 7.05 Å². The summed E-state index contributed by atoms with van der Waals surface area (Å²) in [6.07, 6.45) is -5.90. The highest BCUT2D eigenvalue weighted by Crippen LogP contribution is 2.23. The highest BCUT2D eigenvalue weighted by Gasteiger charge is 2.33. The molecule has 0 aliphatic heterocycles. The molecule has 112 valence electrons. The molecule has 0 fully saturated rings. The minimum Gasteiger partial charge on any atom is -0.315 e. The molecule has 0 spiro atoms. The van der Waals surface area contributed by atoms with E-state index in [1.807, 2.05) is 12.1 Å². The van der Waals surface area contributed by atoms with Crippen LogP contribution in [0, 0.1) is 0 Å². The van der Waals surface area contributed by atoms with E-state index in [0.717, 1.165) is 16.1 Å². The van der Waals surface area contributed by atoms with Crippen molar-refractivity contribution in [1.82, 2.24) is 0 Å². The molecule has 0 heterocycles. The van der Waals surface area contributed by atoms with Gasteiger partial charge in [0.05, 0.1) is 8.07 Å². The number of hydrogen-bond donors (Lipinski definition) is 0. The number of benzene rings is 1. The summed E-state index contributed by atoms with van der Waals surface area (Å²) in [5, 5.41) is 1.14. The lowest BCUT2D eigenvalue weighted by molar-refractivity contribution is -0.151. The average molecular weight is 303 g/mol. The number of anilines is 1. The average Bonchev–Trinajstić information content (AvgIpc) is 2.36. The first-order valence-corrected chi connectivity index (χ1v) is 9.71. The number of rotatable bonds is 4. The Balaban J connectivity index is 2.97. The predicted octanol–water partition coefficient (Wildman–Crippen LogP) is 3.54. The van der Waals surface area contributed by atoms with E-state index in [4.69, 9.17) is 0 Å². The lowest BCUT2D eigenvalue weighted by Crippen LogP contribution is -2.41. The molecular formula is C14H20F3NOSi. The van der Waals surface area contributed by atoms with E-state index in [2.05, 4.69) is 20.0 Å². The van der Waals surface area contributed by atoms with Crippen LogP contribution in [-0.2, 0) is 4.79 Å². The molecular weight excluding hydrogens is 283 g/mol. The van der Waals surface area contributed by atoms with Crippen molar-refractivity contribution in [3.05, 3.63) is 24.3 Å². The molecule has 1 rings (SSSR count). The molecule has 0 saturated heterocycles. The molecule has 0 aliphatic carbocycles. The SMILES string of the molecule is CC[Si](C)(C)c1cccc(N(C)C(=O)CC(F)(F)F)c1. The van der Waals surface area contributed by atoms with Gasteiger partial charge in [-0.3, -0.25) is 4.79 Å². The van der Waals surface area contributed by atoms with E-state index in [1.54, 1.807) is 12.1 Å². The predicted molar refractivity (Wildman–Crippen MR) is 78.1 cm³/mol. The van der Waals surface area contributed by atoms with Gasteiger partial charge in [0.1, 0.15) is 6.42 Å². The highest BCUT2D eigenvalue weighted by atomic mass is 28.3. The molecule has 0 unspecified atom stereocenters. The first-order chi connectivity index (χ1) is 9.07. The lowest BCUT2D eigenvalue weighted by Gasteiger charge is -2.24. The second-order valence-corrected chi connectivity index (χ2v) is 10.6. The fourth-order valence-electron chi connectivity index (χ4n) is 1.77. The van der Waals surface area contributed by atoms with Gasteiger partial charge < -0.3 is 4.90 Å². The fourth-order valence-corrected chi connectivity index (χ4v) is 3.27. The topological polar surface area (TPSA) is 20.3 Å². The number of amides is 1. The van der Waals surface area contributed by atoms with Gasteiger partial charge in [0.2, 0.25) is 5.91 Å². The van der Waals surface area contributed by atoms with E-state index in [-0.39, 0.29) is 0 Å². The summed E-state index contributed by atoms with van der Waals surface area (Å²) in [5.41, 5.74) is 0.519. The Hall–Kier alpha value is -1.30. The quantitative estimate of drug-likeness (QED) is 0.779. The van der Waals surface area contributed by atoms with Crippen molar-refractivity contribution < 1.29 is 18.0 Å². The third-order valence-corrected chi connectivity index (χ3v) is 7.27. The van der Waals surface area contributed by atoms with Crippen LogP contribution in [0.25, 0.3) is 0 Å². The van der Waals surface area contributed by atoms with Gasteiger partial charge >= 0.3 is 6.18 Å². The Morgan fingerprint density at radius 1 is 1.30 bits per heavy atom. The molecule has 1 aromatic carbocycles. The molecule has 20 heavy (non-hydrogen) atoms. The Morgan fingerprint density at radius 3 is 2.40 bits per heavy atom. The first-order valence-electron chi connectivity index (χ1n) is 6.50. The minimum absolute atomic E-state index is 0.519. The lowest BCUT2D eigenvalue weighted by atomic mass is 10.2. The number of nitrogens with zero attached hydrogens (tertiary/aromatic N) is 1. The van der Waals surface area contributed by atoms with E-state index < -0.39 is 26.6 Å². The van der Waals surface area contributed by atoms with Crippen molar-refractivity contribution in [3.8, 4) is 0 Å². The van der Waals surface area contributed by atoms with Crippen LogP contribution < -0.4 is 10.1 Å². The molecule has 0 radical (unpaired) electrons. The maximum absolute atomic E-state index is 12.3. The van der Waals surface area contributed by atoms with E-state index in [9.17, 15) is 18.0 Å². The van der Waals surface area contributed by atoms with Crippen molar-refractivity contribution in [1.29, 1.82) is 0 Å². The Labute approximate surface area is 118 Å². The standard InChI is InChI=1S/C14H20F3NOSi/c1-5-20(3,4)12-8-6-7-11(9-12)18(2)13(19)10-14(15,16)17/h6-9H,5,10H2,1-4H3. The van der Waals surface area contributed by atoms with Crippen molar-refractivity contribution in [3.63, 3.8) is 0 Å². The van der Waals surface area contributed by atoms with E-state index in [0.29, 0.717) is 5.69 Å². The summed E-state index contributed by atoms with van der Waals surface area (Å²) < 4.78 is 36.8. The van der Waals surface area contributed by atoms with Gasteiger partial charge in [-0.2, -0.15) is 13.2 Å². The molecule has 6 heteroatoms. The third kappa shape index (κ3) is 4.37. The molecule has 0 N–H and O–H groups in total. The second kappa shape index (κ2) is 5.99. The summed E-state index contributed by atoms with van der Waals surface area (Å²) in [4.78, 5) is 12.7. The van der Waals surface area contributed by atoms with Crippen LogP contribution in [0.4, 0.5) is 18.9 Å². The molecule has 0 bridgehead atoms. The number of carbonyl (C=O) groups excluding carboxylic acids is 1. The van der Waals surface area contributed by atoms with Crippen LogP contribution >= 0.6 is 0 Å². The number of alkyl halides is 3. The monoisotopic (exact) mass is 303 g/mol. The van der Waals surface area contributed by atoms with Crippen LogP contribution in [0.3, 0.4) is 0 Å². The van der Waals surface area contributed by atoms with Crippen LogP contribution in [0.15, 0.2) is 24.3 Å². The van der Waals surface area contributed by atoms with Crippen LogP contribution in [0.1, 0.15) is 13.3 Å². The molecule has 0 aliphatic rings. The van der Waals surface area contributed by atoms with Crippen molar-refractivity contribution >= 4 is 24.9 Å². The zero-order chi connectivity index (χ0) is 15.6. The minimum atomic E-state index is -4.47. The summed E-state index contributed by atoms with van der Waals surface area (Å²) in [5.74, 6) is -0.939. The molecule has 1 aromatic rings. The first kappa shape index (κ1) is 16.8. The summed E-state index contributed by atoms with van der Waals surface area (Å²) in [7, 11) is -0.190. The number of hydrogen-bond acceptors (Lipinski definition) is 1. The molecule has 1 amide bonds. The third-order valence-electron chi connectivity index (χ3n) is 3.62.